The van der Waals surface area contributed by atoms with Crippen LogP contribution in [0.4, 0.5) is 22.9 Å². The minimum Gasteiger partial charge on any atom is -0.392 e. The largest absolute Gasteiger partial charge is 0.392 e. The van der Waals surface area contributed by atoms with Crippen LogP contribution in [0.15, 0.2) is 41.3 Å². The van der Waals surface area contributed by atoms with E-state index in [4.69, 9.17) is 0 Å². The molecule has 2 aliphatic heterocycles. The van der Waals surface area contributed by atoms with Crippen LogP contribution in [-0.4, -0.2) is 79.8 Å². The Kier molecular flexibility index (Phi) is 8.17. The predicted octanol–water partition coefficient (Wildman–Crippen LogP) is 3.38. The van der Waals surface area contributed by atoms with E-state index >= 15 is 0 Å². The fourth-order valence-electron chi connectivity index (χ4n) is 4.92. The molecule has 0 aliphatic carbocycles. The van der Waals surface area contributed by atoms with Crippen molar-refractivity contribution < 1.29 is 4.79 Å². The van der Waals surface area contributed by atoms with Gasteiger partial charge in [-0.15, -0.1) is 0 Å². The van der Waals surface area contributed by atoms with E-state index in [1.165, 1.54) is 6.20 Å². The molecule has 4 rings (SSSR count). The monoisotopic (exact) mass is 515 g/mol. The molecule has 0 atom stereocenters. The first-order valence-electron chi connectivity index (χ1n) is 12.9. The molecular weight excluding hydrogens is 478 g/mol. The molecule has 0 spiro atoms. The third-order valence-corrected chi connectivity index (χ3v) is 7.20. The highest BCUT2D eigenvalue weighted by atomic mass is 16.2. The molecule has 0 saturated carbocycles. The van der Waals surface area contributed by atoms with Gasteiger partial charge in [0, 0.05) is 89.6 Å². The molecule has 38 heavy (non-hydrogen) atoms. The van der Waals surface area contributed by atoms with Crippen LogP contribution in [0.2, 0.25) is 0 Å². The number of aromatic nitrogens is 1. The first kappa shape index (κ1) is 26.9. The van der Waals surface area contributed by atoms with Crippen molar-refractivity contribution in [2.45, 2.75) is 33.4 Å². The summed E-state index contributed by atoms with van der Waals surface area (Å²) in [5.74, 6) is 0.529. The van der Waals surface area contributed by atoms with E-state index in [-0.39, 0.29) is 5.91 Å². The van der Waals surface area contributed by atoms with Gasteiger partial charge in [0.05, 0.1) is 33.9 Å². The Morgan fingerprint density at radius 2 is 1.95 bits per heavy atom. The molecule has 0 unspecified atom stereocenters. The maximum atomic E-state index is 13.3. The number of hydrogen-bond acceptors (Lipinski definition) is 9. The van der Waals surface area contributed by atoms with Crippen molar-refractivity contribution in [2.75, 3.05) is 62.9 Å². The number of anilines is 4. The van der Waals surface area contributed by atoms with Crippen molar-refractivity contribution >= 4 is 34.5 Å². The summed E-state index contributed by atoms with van der Waals surface area (Å²) in [6.07, 6.45) is 3.33. The van der Waals surface area contributed by atoms with Gasteiger partial charge in [-0.2, -0.15) is 5.26 Å². The van der Waals surface area contributed by atoms with Gasteiger partial charge >= 0.3 is 0 Å². The Balaban J connectivity index is 1.66. The van der Waals surface area contributed by atoms with Gasteiger partial charge < -0.3 is 25.8 Å². The number of pyridine rings is 1. The number of nitriles is 1. The fraction of sp³-hybridized carbons (Fsp3) is 0.429. The standard InChI is InChI=1S/C28H37N9O/c1-18(2)36-9-11-37(12-10-36)25-8-7-22(27-21(25)17-35(6)28(27)38)33-23-13-26(32-15-20(23)14-29)34-24(16-30-4)19(3)31-5/h7-8,13,15-16,18,30H,9-12,17H2,1-6H3,(H2,32,33,34)/b24-16+,31-19-. The minimum absolute atomic E-state index is 0.0231. The summed E-state index contributed by atoms with van der Waals surface area (Å²) in [6, 6.07) is 8.56. The number of fused-ring (bicyclic) bond motifs is 1. The molecule has 2 aliphatic rings. The van der Waals surface area contributed by atoms with Gasteiger partial charge in [0.15, 0.2) is 0 Å². The fourth-order valence-corrected chi connectivity index (χ4v) is 4.92. The molecule has 0 radical (unpaired) electrons. The second-order valence-electron chi connectivity index (χ2n) is 9.90. The number of aliphatic imine (C=N–C) groups is 1. The minimum atomic E-state index is -0.0231. The molecule has 10 heteroatoms. The van der Waals surface area contributed by atoms with Crippen LogP contribution in [0.5, 0.6) is 0 Å². The maximum absolute atomic E-state index is 13.3. The number of carbonyl (C=O) groups is 1. The molecule has 0 bridgehead atoms. The summed E-state index contributed by atoms with van der Waals surface area (Å²) in [4.78, 5) is 28.5. The Labute approximate surface area is 225 Å². The molecule has 1 fully saturated rings. The highest BCUT2D eigenvalue weighted by Crippen LogP contribution is 2.38. The number of allylic oxidation sites excluding steroid dienone is 1. The Bertz CT molecular complexity index is 1300. The lowest BCUT2D eigenvalue weighted by molar-refractivity contribution is 0.0817. The number of hydrogen-bond donors (Lipinski definition) is 3. The van der Waals surface area contributed by atoms with E-state index in [1.807, 2.05) is 27.1 Å². The first-order chi connectivity index (χ1) is 18.3. The maximum Gasteiger partial charge on any atom is 0.256 e. The summed E-state index contributed by atoms with van der Waals surface area (Å²) in [6.45, 7) is 10.8. The van der Waals surface area contributed by atoms with Crippen molar-refractivity contribution in [1.82, 2.24) is 20.1 Å². The highest BCUT2D eigenvalue weighted by molar-refractivity contribution is 6.06. The van der Waals surface area contributed by atoms with Gasteiger partial charge in [0.2, 0.25) is 0 Å². The van der Waals surface area contributed by atoms with Crippen molar-refractivity contribution in [1.29, 1.82) is 5.26 Å². The van der Waals surface area contributed by atoms with Gasteiger partial charge in [-0.25, -0.2) is 4.98 Å². The number of amides is 1. The van der Waals surface area contributed by atoms with Crippen molar-refractivity contribution in [3.05, 3.63) is 53.0 Å². The van der Waals surface area contributed by atoms with Gasteiger partial charge in [0.1, 0.15) is 11.9 Å². The van der Waals surface area contributed by atoms with Crippen LogP contribution < -0.4 is 20.9 Å². The van der Waals surface area contributed by atoms with Crippen LogP contribution in [0.3, 0.4) is 0 Å². The first-order valence-corrected chi connectivity index (χ1v) is 12.9. The van der Waals surface area contributed by atoms with E-state index in [1.54, 1.807) is 24.2 Å². The molecule has 1 saturated heterocycles. The van der Waals surface area contributed by atoms with E-state index in [2.05, 4.69) is 61.7 Å². The zero-order chi connectivity index (χ0) is 27.4. The lowest BCUT2D eigenvalue weighted by Gasteiger charge is -2.39. The Hall–Kier alpha value is -4.10. The van der Waals surface area contributed by atoms with Gasteiger partial charge in [0.25, 0.3) is 5.91 Å². The van der Waals surface area contributed by atoms with E-state index in [0.717, 1.165) is 48.8 Å². The number of nitrogens with one attached hydrogen (secondary N) is 3. The number of nitrogens with zero attached hydrogens (tertiary/aromatic N) is 6. The van der Waals surface area contributed by atoms with E-state index < -0.39 is 0 Å². The lowest BCUT2D eigenvalue weighted by Crippen LogP contribution is -2.49. The Morgan fingerprint density at radius 3 is 2.58 bits per heavy atom. The highest BCUT2D eigenvalue weighted by Gasteiger charge is 2.32. The van der Waals surface area contributed by atoms with Gasteiger partial charge in [-0.1, -0.05) is 0 Å². The SMILES string of the molecule is C/N=C(C)\C(=C/NC)Nc1cc(Nc2ccc(N3CCN(C(C)C)CC3)c3c2C(=O)N(C)C3)c(C#N)cn1. The third kappa shape index (κ3) is 5.43. The Morgan fingerprint density at radius 1 is 1.21 bits per heavy atom. The molecule has 10 nitrogen and oxygen atoms in total. The summed E-state index contributed by atoms with van der Waals surface area (Å²) in [7, 11) is 5.36. The van der Waals surface area contributed by atoms with Crippen molar-refractivity contribution in [2.24, 2.45) is 4.99 Å². The average Bonchev–Trinajstić information content (AvgIpc) is 3.22. The number of carbonyl (C=O) groups excluding carboxylic acids is 1. The molecule has 3 N–H and O–H groups in total. The predicted molar refractivity (Wildman–Crippen MR) is 153 cm³/mol. The van der Waals surface area contributed by atoms with Crippen LogP contribution in [0.25, 0.3) is 0 Å². The van der Waals surface area contributed by atoms with Gasteiger partial charge in [-0.3, -0.25) is 14.7 Å². The third-order valence-electron chi connectivity index (χ3n) is 7.20. The van der Waals surface area contributed by atoms with Crippen molar-refractivity contribution in [3.63, 3.8) is 0 Å². The smallest absolute Gasteiger partial charge is 0.256 e. The molecule has 3 heterocycles. The topological polar surface area (TPSA) is 112 Å². The number of rotatable bonds is 8. The second-order valence-corrected chi connectivity index (χ2v) is 9.90. The molecule has 1 amide bonds. The molecule has 200 valence electrons. The van der Waals surface area contributed by atoms with E-state index in [0.29, 0.717) is 40.9 Å². The zero-order valence-corrected chi connectivity index (χ0v) is 23.1. The molecule has 1 aromatic carbocycles. The zero-order valence-electron chi connectivity index (χ0n) is 23.1. The quantitative estimate of drug-likeness (QED) is 0.459. The molecule has 2 aromatic rings. The summed E-state index contributed by atoms with van der Waals surface area (Å²) < 4.78 is 0. The number of piperazine rings is 1. The van der Waals surface area contributed by atoms with Crippen LogP contribution in [0.1, 0.15) is 42.3 Å². The number of benzene rings is 1. The summed E-state index contributed by atoms with van der Waals surface area (Å²) in [5.41, 5.74) is 6.01. The average molecular weight is 516 g/mol. The normalized spacial score (nSPS) is 16.5. The molecule has 1 aromatic heterocycles. The molecular formula is C28H37N9O. The summed E-state index contributed by atoms with van der Waals surface area (Å²) >= 11 is 0. The van der Waals surface area contributed by atoms with Crippen LogP contribution >= 0.6 is 0 Å². The van der Waals surface area contributed by atoms with E-state index in [9.17, 15) is 10.1 Å². The summed E-state index contributed by atoms with van der Waals surface area (Å²) in [5, 5.41) is 19.4. The second kappa shape index (κ2) is 11.5. The van der Waals surface area contributed by atoms with Crippen LogP contribution in [-0.2, 0) is 6.54 Å². The van der Waals surface area contributed by atoms with Gasteiger partial charge in [-0.05, 0) is 32.9 Å². The van der Waals surface area contributed by atoms with Crippen LogP contribution in [0, 0.1) is 11.3 Å². The van der Waals surface area contributed by atoms with Crippen molar-refractivity contribution in [3.8, 4) is 6.07 Å². The lowest BCUT2D eigenvalue weighted by atomic mass is 10.0.